The molecule has 570 valence electrons. The van der Waals surface area contributed by atoms with Gasteiger partial charge in [-0.3, -0.25) is 43.2 Å². The molecule has 0 unspecified atom stereocenters. The number of unbranched alkanes of at least 4 members (excludes halogenated alkanes) is 3. The molecule has 0 radical (unpaired) electrons. The van der Waals surface area contributed by atoms with Crippen molar-refractivity contribution < 1.29 is 132 Å². The number of carbonyl (C=O) groups is 9. The predicted molar refractivity (Wildman–Crippen MR) is 343 cm³/mol. The van der Waals surface area contributed by atoms with Crippen LogP contribution < -0.4 is 53.2 Å². The lowest BCUT2D eigenvalue weighted by Gasteiger charge is -2.42. The summed E-state index contributed by atoms with van der Waals surface area (Å²) in [6, 6.07) is -3.23. The monoisotopic (exact) mass is 1430 g/mol. The average Bonchev–Trinajstić information content (AvgIpc) is 0.821. The Morgan fingerprint density at radius 3 is 0.869 bits per heavy atom. The van der Waals surface area contributed by atoms with E-state index in [9.17, 15) is 89.1 Å². The normalized spacial score (nSPS) is 28.4. The minimum absolute atomic E-state index is 0.00691. The standard InChI is InChI=1S/C62H110N10O27/c1-36(76)70-50-56(88)53(85)41(33-73)97-60(50)94-25-7-4-13-44(79)64-19-10-22-67-47(82)16-28-91-39-31-63-32-40(92-29-17-48(83)68-23-11-20-65-45(80)14-5-8-26-95-61-51(71-37(2)77)57(89)54(86)42(34-74)98-61)59(39)93-30-18-49(84)69-24-12-21-66-46(81)15-6-9-27-96-62-52(72-38(3)78)58(90)55(87)43(35-75)99-62/h39-43,50-63,73-75,85-90H,4-35H2,1-3H3,(H,64,79)(H,65,80)(H,66,81)(H,67,82)(H,68,83)(H,69,84)(H,70,76)(H,71,77)(H,72,78)/t39-,40+,41-,42-,43-,50-,51-,52-,53+,54+,55+,56-,57-,58-,59+,60-,61-,62-/m1/s1. The SMILES string of the molecule is CC(=O)N[C@H]1[C@H](OCCCCC(=O)NCCCNC(=O)CCO[C@@H]2[C@@H](OCCC(=O)NCCCNC(=O)CCCCO[C@@H]3O[C@H](CO)[C@H](O)[C@H](O)[C@H]3NC(C)=O)CNC[C@H]2OCCC(=O)NCCCNC(=O)CCCCO[C@@H]2O[C@H](CO)[C@H](O)[C@H](O)[C@H]2NC(C)=O)O[C@H](CO)[C@H](O)[C@@H]1O. The molecule has 0 aliphatic carbocycles. The van der Waals surface area contributed by atoms with Crippen molar-refractivity contribution in [2.75, 3.05) is 112 Å². The number of hydrogen-bond donors (Lipinski definition) is 19. The predicted octanol–water partition coefficient (Wildman–Crippen LogP) is -7.83. The van der Waals surface area contributed by atoms with E-state index in [0.29, 0.717) is 70.9 Å². The van der Waals surface area contributed by atoms with Gasteiger partial charge >= 0.3 is 0 Å². The first-order valence-corrected chi connectivity index (χ1v) is 34.2. The molecule has 37 heteroatoms. The van der Waals surface area contributed by atoms with Crippen LogP contribution in [0.3, 0.4) is 0 Å². The summed E-state index contributed by atoms with van der Waals surface area (Å²) in [5, 5.41) is 118. The maximum Gasteiger partial charge on any atom is 0.222 e. The smallest absolute Gasteiger partial charge is 0.222 e. The van der Waals surface area contributed by atoms with Crippen molar-refractivity contribution in [3.8, 4) is 0 Å². The second-order valence-electron chi connectivity index (χ2n) is 24.5. The molecular formula is C62H110N10O27. The fourth-order valence-corrected chi connectivity index (χ4v) is 11.0. The van der Waals surface area contributed by atoms with Gasteiger partial charge in [-0.25, -0.2) is 0 Å². The molecule has 18 atom stereocenters. The van der Waals surface area contributed by atoms with Gasteiger partial charge in [-0.1, -0.05) is 0 Å². The Bertz CT molecular complexity index is 2310. The number of aliphatic hydroxyl groups excluding tert-OH is 9. The van der Waals surface area contributed by atoms with Gasteiger partial charge in [0, 0.05) is 131 Å². The Labute approximate surface area is 575 Å². The Hall–Kier alpha value is -5.53. The fraction of sp³-hybridized carbons (Fsp3) is 0.855. The lowest BCUT2D eigenvalue weighted by molar-refractivity contribution is -0.270. The molecule has 0 aromatic carbocycles. The number of rotatable bonds is 48. The molecule has 0 spiro atoms. The van der Waals surface area contributed by atoms with Crippen molar-refractivity contribution in [2.45, 2.75) is 227 Å². The van der Waals surface area contributed by atoms with Crippen LogP contribution in [-0.4, -0.2) is 321 Å². The molecular weight excluding hydrogens is 1320 g/mol. The first-order chi connectivity index (χ1) is 47.5. The van der Waals surface area contributed by atoms with Crippen LogP contribution in [0, 0.1) is 0 Å². The highest BCUT2D eigenvalue weighted by Gasteiger charge is 2.48. The highest BCUT2D eigenvalue weighted by Crippen LogP contribution is 2.26. The van der Waals surface area contributed by atoms with E-state index < -0.39 is 148 Å². The molecule has 4 rings (SSSR count). The summed E-state index contributed by atoms with van der Waals surface area (Å²) in [5.41, 5.74) is 0. The third-order valence-electron chi connectivity index (χ3n) is 16.4. The van der Waals surface area contributed by atoms with E-state index in [0.717, 1.165) is 0 Å². The molecule has 0 aromatic heterocycles. The Kier molecular flexibility index (Phi) is 42.0. The number of amides is 9. The molecule has 0 saturated carbocycles. The van der Waals surface area contributed by atoms with Gasteiger partial charge in [0.15, 0.2) is 18.9 Å². The van der Waals surface area contributed by atoms with E-state index in [2.05, 4.69) is 53.2 Å². The van der Waals surface area contributed by atoms with E-state index in [1.54, 1.807) is 0 Å². The zero-order chi connectivity index (χ0) is 72.7. The van der Waals surface area contributed by atoms with Gasteiger partial charge in [-0.05, 0) is 57.8 Å². The Balaban J connectivity index is 1.14. The van der Waals surface area contributed by atoms with E-state index in [1.807, 2.05) is 0 Å². The molecule has 37 nitrogen and oxygen atoms in total. The van der Waals surface area contributed by atoms with E-state index >= 15 is 0 Å². The molecule has 4 aliphatic rings. The van der Waals surface area contributed by atoms with E-state index in [-0.39, 0.29) is 153 Å². The zero-order valence-electron chi connectivity index (χ0n) is 56.9. The molecule has 0 bridgehead atoms. The number of ether oxygens (including phenoxy) is 9. The molecule has 99 heavy (non-hydrogen) atoms. The van der Waals surface area contributed by atoms with E-state index in [4.69, 9.17) is 42.6 Å². The van der Waals surface area contributed by atoms with Crippen LogP contribution in [0.25, 0.3) is 0 Å². The summed E-state index contributed by atoms with van der Waals surface area (Å²) in [5.74, 6) is -3.05. The zero-order valence-corrected chi connectivity index (χ0v) is 56.9. The number of hydrogen-bond acceptors (Lipinski definition) is 28. The Morgan fingerprint density at radius 2 is 0.606 bits per heavy atom. The molecule has 4 fully saturated rings. The topological polar surface area (TPSA) is 539 Å². The highest BCUT2D eigenvalue weighted by molar-refractivity contribution is 5.78. The van der Waals surface area contributed by atoms with E-state index in [1.165, 1.54) is 20.8 Å². The summed E-state index contributed by atoms with van der Waals surface area (Å²) in [6.07, 6.45) is -13.2. The second kappa shape index (κ2) is 48.4. The summed E-state index contributed by atoms with van der Waals surface area (Å²) >= 11 is 0. The lowest BCUT2D eigenvalue weighted by Crippen LogP contribution is -2.64. The van der Waals surface area contributed by atoms with Crippen molar-refractivity contribution in [3.05, 3.63) is 0 Å². The maximum absolute atomic E-state index is 12.9. The number of piperidine rings is 1. The van der Waals surface area contributed by atoms with Gasteiger partial charge in [0.05, 0.1) is 51.8 Å². The van der Waals surface area contributed by atoms with Crippen molar-refractivity contribution in [2.24, 2.45) is 0 Å². The Morgan fingerprint density at radius 1 is 0.343 bits per heavy atom. The van der Waals surface area contributed by atoms with Gasteiger partial charge < -0.3 is 142 Å². The quantitative estimate of drug-likeness (QED) is 0.0252. The third-order valence-corrected chi connectivity index (χ3v) is 16.4. The van der Waals surface area contributed by atoms with Crippen LogP contribution in [0.1, 0.15) is 117 Å². The van der Waals surface area contributed by atoms with Gasteiger partial charge in [-0.15, -0.1) is 0 Å². The van der Waals surface area contributed by atoms with Gasteiger partial charge in [0.2, 0.25) is 53.2 Å². The molecule has 4 aliphatic heterocycles. The van der Waals surface area contributed by atoms with Crippen LogP contribution in [0.15, 0.2) is 0 Å². The summed E-state index contributed by atoms with van der Waals surface area (Å²) in [7, 11) is 0. The summed E-state index contributed by atoms with van der Waals surface area (Å²) in [6.45, 7) is 4.45. The minimum Gasteiger partial charge on any atom is -0.394 e. The van der Waals surface area contributed by atoms with Crippen LogP contribution in [0.4, 0.5) is 0 Å². The average molecular weight is 1430 g/mol. The lowest BCUT2D eigenvalue weighted by atomic mass is 9.97. The van der Waals surface area contributed by atoms with Gasteiger partial charge in [-0.2, -0.15) is 0 Å². The molecule has 9 amide bonds. The first kappa shape index (κ1) is 85.9. The number of carbonyl (C=O) groups excluding carboxylic acids is 9. The second-order valence-corrected chi connectivity index (χ2v) is 24.5. The van der Waals surface area contributed by atoms with Crippen molar-refractivity contribution in [1.82, 2.24) is 53.2 Å². The fourth-order valence-electron chi connectivity index (χ4n) is 11.0. The van der Waals surface area contributed by atoms with Crippen molar-refractivity contribution in [3.63, 3.8) is 0 Å². The van der Waals surface area contributed by atoms with Crippen LogP contribution in [0.2, 0.25) is 0 Å². The summed E-state index contributed by atoms with van der Waals surface area (Å²) < 4.78 is 52.3. The molecule has 4 heterocycles. The molecule has 0 aromatic rings. The largest absolute Gasteiger partial charge is 0.394 e. The van der Waals surface area contributed by atoms with Gasteiger partial charge in [0.25, 0.3) is 0 Å². The minimum atomic E-state index is -1.44. The highest BCUT2D eigenvalue weighted by atomic mass is 16.7. The van der Waals surface area contributed by atoms with Crippen molar-refractivity contribution >= 4 is 53.2 Å². The summed E-state index contributed by atoms with van der Waals surface area (Å²) in [4.78, 5) is 111. The first-order valence-electron chi connectivity index (χ1n) is 34.2. The number of aliphatic hydroxyl groups is 9. The van der Waals surface area contributed by atoms with Gasteiger partial charge in [0.1, 0.15) is 79.2 Å². The van der Waals surface area contributed by atoms with Crippen LogP contribution >= 0.6 is 0 Å². The molecule has 19 N–H and O–H groups in total. The molecule has 4 saturated heterocycles. The maximum atomic E-state index is 12.9. The van der Waals surface area contributed by atoms with Crippen LogP contribution in [0.5, 0.6) is 0 Å². The number of nitrogens with one attached hydrogen (secondary N) is 10. The van der Waals surface area contributed by atoms with Crippen LogP contribution in [-0.2, 0) is 85.8 Å². The van der Waals surface area contributed by atoms with Crippen molar-refractivity contribution in [1.29, 1.82) is 0 Å². The third kappa shape index (κ3) is 32.6.